The average Bonchev–Trinajstić information content (AvgIpc) is 3.49. The lowest BCUT2D eigenvalue weighted by Gasteiger charge is -2.08. The van der Waals surface area contributed by atoms with Crippen LogP contribution in [0.4, 0.5) is 13.2 Å². The fourth-order valence-corrected chi connectivity index (χ4v) is 5.31. The van der Waals surface area contributed by atoms with Crippen LogP contribution in [0, 0.1) is 0 Å². The molecule has 2 aromatic carbocycles. The van der Waals surface area contributed by atoms with E-state index in [0.717, 1.165) is 24.6 Å². The fraction of sp³-hybridized carbons (Fsp3) is 0.318. The Morgan fingerprint density at radius 1 is 0.939 bits per heavy atom. The summed E-state index contributed by atoms with van der Waals surface area (Å²) in [5, 5.41) is 0. The molecule has 0 radical (unpaired) electrons. The van der Waals surface area contributed by atoms with E-state index in [1.165, 1.54) is 22.3 Å². The molecular formula is C22H17F3N2O5S. The van der Waals surface area contributed by atoms with E-state index in [-0.39, 0.29) is 24.3 Å². The Morgan fingerprint density at radius 3 is 2.18 bits per heavy atom. The normalized spacial score (nSPS) is 25.5. The summed E-state index contributed by atoms with van der Waals surface area (Å²) < 4.78 is 76.2. The summed E-state index contributed by atoms with van der Waals surface area (Å²) in [6.45, 7) is 0. The first-order chi connectivity index (χ1) is 15.6. The Hall–Kier alpha value is -3.05. The van der Waals surface area contributed by atoms with Gasteiger partial charge in [0.1, 0.15) is 0 Å². The van der Waals surface area contributed by atoms with Crippen molar-refractivity contribution in [1.82, 2.24) is 4.57 Å². The van der Waals surface area contributed by atoms with Gasteiger partial charge >= 0.3 is 17.3 Å². The highest BCUT2D eigenvalue weighted by Gasteiger charge is 2.55. The lowest BCUT2D eigenvalue weighted by atomic mass is 10.1. The maximum atomic E-state index is 10.7. The van der Waals surface area contributed by atoms with Gasteiger partial charge in [0.05, 0.1) is 0 Å². The van der Waals surface area contributed by atoms with Gasteiger partial charge in [-0.25, -0.2) is 8.42 Å². The molecule has 0 unspecified atom stereocenters. The summed E-state index contributed by atoms with van der Waals surface area (Å²) in [5.74, 6) is 1.83. The van der Waals surface area contributed by atoms with E-state index in [0.29, 0.717) is 0 Å². The minimum Gasteiger partial charge on any atom is -0.741 e. The number of ether oxygens (including phenoxy) is 2. The van der Waals surface area contributed by atoms with E-state index < -0.39 is 15.6 Å². The maximum absolute atomic E-state index is 10.7. The van der Waals surface area contributed by atoms with E-state index in [1.807, 2.05) is 0 Å². The summed E-state index contributed by atoms with van der Waals surface area (Å²) in [4.78, 5) is 0. The van der Waals surface area contributed by atoms with Crippen molar-refractivity contribution in [2.45, 2.75) is 42.6 Å². The van der Waals surface area contributed by atoms with Crippen molar-refractivity contribution in [2.24, 2.45) is 0 Å². The molecule has 4 atom stereocenters. The zero-order valence-electron chi connectivity index (χ0n) is 16.9. The van der Waals surface area contributed by atoms with Gasteiger partial charge in [0.2, 0.25) is 0 Å². The van der Waals surface area contributed by atoms with Crippen molar-refractivity contribution in [2.75, 3.05) is 0 Å². The number of rotatable bonds is 0. The highest BCUT2D eigenvalue weighted by Crippen LogP contribution is 2.50. The Balaban J connectivity index is 0.000000226. The van der Waals surface area contributed by atoms with Crippen molar-refractivity contribution in [3.8, 4) is 11.8 Å². The van der Waals surface area contributed by atoms with Crippen LogP contribution >= 0.6 is 0 Å². The quantitative estimate of drug-likeness (QED) is 0.282. The number of alkyl halides is 3. The third kappa shape index (κ3) is 2.98. The van der Waals surface area contributed by atoms with E-state index in [4.69, 9.17) is 22.4 Å². The molecule has 0 N–H and O–H groups in total. The number of halogens is 3. The molecule has 0 bridgehead atoms. The largest absolute Gasteiger partial charge is 0.741 e. The molecule has 0 fully saturated rings. The second-order valence-electron chi connectivity index (χ2n) is 8.45. The zero-order chi connectivity index (χ0) is 23.1. The summed E-state index contributed by atoms with van der Waals surface area (Å²) in [5.41, 5.74) is -0.0423. The number of hydrogen-bond acceptors (Lipinski definition) is 5. The van der Waals surface area contributed by atoms with Gasteiger partial charge in [-0.3, -0.25) is 0 Å². The number of fused-ring (bicyclic) bond motifs is 11. The number of hydrogen-bond donors (Lipinski definition) is 0. The highest BCUT2D eigenvalue weighted by atomic mass is 32.2. The Kier molecular flexibility index (Phi) is 4.19. The molecule has 0 saturated carbocycles. The van der Waals surface area contributed by atoms with Crippen LogP contribution in [-0.4, -0.2) is 35.3 Å². The van der Waals surface area contributed by atoms with Crippen LogP contribution in [0.15, 0.2) is 54.9 Å². The lowest BCUT2D eigenvalue weighted by Crippen LogP contribution is -2.38. The molecule has 3 aromatic rings. The first-order valence-electron chi connectivity index (χ1n) is 10.3. The van der Waals surface area contributed by atoms with Crippen LogP contribution in [-0.2, 0) is 23.0 Å². The molecule has 4 aliphatic rings. The third-order valence-electron chi connectivity index (χ3n) is 6.60. The van der Waals surface area contributed by atoms with Crippen LogP contribution in [0.5, 0.6) is 11.8 Å². The van der Waals surface area contributed by atoms with Crippen LogP contribution in [0.25, 0.3) is 0 Å². The van der Waals surface area contributed by atoms with Gasteiger partial charge in [0.15, 0.2) is 34.4 Å². The summed E-state index contributed by atoms with van der Waals surface area (Å²) in [6.07, 6.45) is 4.60. The second kappa shape index (κ2) is 6.73. The van der Waals surface area contributed by atoms with E-state index in [9.17, 15) is 13.2 Å². The second-order valence-corrected chi connectivity index (χ2v) is 9.82. The van der Waals surface area contributed by atoms with Gasteiger partial charge in [0.25, 0.3) is 6.33 Å². The Labute approximate surface area is 186 Å². The standard InChI is InChI=1S/C21H17N2O2.CHF3O3S/c1-3-7-14-12(5-1)9-16-18(14)22-11-23-19-15-8-4-2-6-13(15)10-17(19)25-21(23)20(22)24-16;2-1(3,4)8(5,6)7/h1-8,11,16-19H,9-10H2;(H,5,6,7)/q+1;/p-1/t16-,17-,18+,19+;/m0./s1. The number of imidazole rings is 1. The summed E-state index contributed by atoms with van der Waals surface area (Å²) >= 11 is 0. The molecule has 2 aliphatic heterocycles. The van der Waals surface area contributed by atoms with E-state index >= 15 is 0 Å². The molecule has 33 heavy (non-hydrogen) atoms. The number of aromatic nitrogens is 2. The minimum atomic E-state index is -6.09. The molecule has 7 rings (SSSR count). The molecule has 7 nitrogen and oxygen atoms in total. The molecule has 2 aliphatic carbocycles. The molecule has 172 valence electrons. The van der Waals surface area contributed by atoms with Gasteiger partial charge in [-0.2, -0.15) is 22.3 Å². The monoisotopic (exact) mass is 478 g/mol. The number of benzene rings is 2. The fourth-order valence-electron chi connectivity index (χ4n) is 5.31. The van der Waals surface area contributed by atoms with E-state index in [1.54, 1.807) is 0 Å². The average molecular weight is 478 g/mol. The molecule has 0 saturated heterocycles. The Bertz CT molecular complexity index is 1300. The smallest absolute Gasteiger partial charge is 0.485 e. The molecule has 1 aromatic heterocycles. The lowest BCUT2D eigenvalue weighted by molar-refractivity contribution is -0.697. The van der Waals surface area contributed by atoms with Crippen LogP contribution in [0.1, 0.15) is 34.3 Å². The van der Waals surface area contributed by atoms with Crippen LogP contribution < -0.4 is 14.0 Å². The predicted molar refractivity (Wildman–Crippen MR) is 106 cm³/mol. The third-order valence-corrected chi connectivity index (χ3v) is 7.17. The molecule has 0 amide bonds. The van der Waals surface area contributed by atoms with Crippen molar-refractivity contribution < 1.29 is 40.2 Å². The maximum Gasteiger partial charge on any atom is 0.485 e. The van der Waals surface area contributed by atoms with Crippen LogP contribution in [0.2, 0.25) is 0 Å². The van der Waals surface area contributed by atoms with Crippen molar-refractivity contribution in [3.05, 3.63) is 77.1 Å². The van der Waals surface area contributed by atoms with Gasteiger partial charge in [-0.15, -0.1) is 0 Å². The van der Waals surface area contributed by atoms with Gasteiger partial charge in [-0.05, 0) is 11.1 Å². The SMILES string of the molecule is O=S(=O)([O-])C(F)(F)F.c1ccc2c(c1)C[C@@H]1Oc3c4[n+](cn3[C@H]21)[C@@H]1c2ccccc2C[C@@H]1O4. The first-order valence-corrected chi connectivity index (χ1v) is 11.7. The molecular weight excluding hydrogens is 461 g/mol. The van der Waals surface area contributed by atoms with Gasteiger partial charge in [-0.1, -0.05) is 48.5 Å². The predicted octanol–water partition coefficient (Wildman–Crippen LogP) is 2.64. The van der Waals surface area contributed by atoms with E-state index in [2.05, 4.69) is 64.0 Å². The molecule has 3 heterocycles. The zero-order valence-corrected chi connectivity index (χ0v) is 17.7. The molecule has 0 spiro atoms. The number of nitrogens with zero attached hydrogens (tertiary/aromatic N) is 2. The van der Waals surface area contributed by atoms with Crippen molar-refractivity contribution in [1.29, 1.82) is 0 Å². The van der Waals surface area contributed by atoms with Gasteiger partial charge in [0, 0.05) is 24.0 Å². The highest BCUT2D eigenvalue weighted by molar-refractivity contribution is 7.86. The topological polar surface area (TPSA) is 84.5 Å². The summed E-state index contributed by atoms with van der Waals surface area (Å²) in [6, 6.07) is 18.0. The molecule has 11 heteroatoms. The van der Waals surface area contributed by atoms with Crippen LogP contribution in [0.3, 0.4) is 0 Å². The minimum absolute atomic E-state index is 0.203. The first kappa shape index (κ1) is 20.5. The Morgan fingerprint density at radius 2 is 1.52 bits per heavy atom. The van der Waals surface area contributed by atoms with Crippen molar-refractivity contribution >= 4 is 10.1 Å². The van der Waals surface area contributed by atoms with Gasteiger partial charge < -0.3 is 14.0 Å². The summed E-state index contributed by atoms with van der Waals surface area (Å²) in [7, 11) is -6.09. The van der Waals surface area contributed by atoms with Crippen molar-refractivity contribution in [3.63, 3.8) is 0 Å².